The lowest BCUT2D eigenvalue weighted by Crippen LogP contribution is -2.40. The molecule has 0 amide bonds. The third-order valence-corrected chi connectivity index (χ3v) is 2.31. The van der Waals surface area contributed by atoms with Gasteiger partial charge in [-0.05, 0) is 6.92 Å². The van der Waals surface area contributed by atoms with Gasteiger partial charge in [0.15, 0.2) is 0 Å². The molecule has 0 saturated carbocycles. The lowest BCUT2D eigenvalue weighted by molar-refractivity contribution is 0.0385. The first-order valence-corrected chi connectivity index (χ1v) is 5.34. The molecule has 1 rings (SSSR count). The van der Waals surface area contributed by atoms with Crippen LogP contribution in [0.1, 0.15) is 13.3 Å². The lowest BCUT2D eigenvalue weighted by Gasteiger charge is -2.26. The van der Waals surface area contributed by atoms with Gasteiger partial charge in [0.2, 0.25) is 0 Å². The molecule has 1 heterocycles. The molecule has 0 bridgehead atoms. The highest BCUT2D eigenvalue weighted by atomic mass is 16.5. The quantitative estimate of drug-likeness (QED) is 0.506. The summed E-state index contributed by atoms with van der Waals surface area (Å²) in [5, 5.41) is 3.38. The number of hydrogen-bond donors (Lipinski definition) is 1. The number of ether oxygens (including phenoxy) is 1. The summed E-state index contributed by atoms with van der Waals surface area (Å²) in [5.41, 5.74) is 0. The minimum atomic E-state index is 0.890. The van der Waals surface area contributed by atoms with Gasteiger partial charge in [0.25, 0.3) is 0 Å². The summed E-state index contributed by atoms with van der Waals surface area (Å²) in [7, 11) is 0. The summed E-state index contributed by atoms with van der Waals surface area (Å²) in [4.78, 5) is 2.43. The van der Waals surface area contributed by atoms with E-state index in [4.69, 9.17) is 4.74 Å². The molecule has 1 N–H and O–H groups in total. The van der Waals surface area contributed by atoms with E-state index in [1.54, 1.807) is 0 Å². The van der Waals surface area contributed by atoms with E-state index < -0.39 is 0 Å². The molecule has 1 aliphatic rings. The molecule has 1 saturated heterocycles. The Bertz CT molecular complexity index is 189. The molecule has 80 valence electrons. The van der Waals surface area contributed by atoms with E-state index in [0.717, 1.165) is 52.4 Å². The van der Waals surface area contributed by atoms with Crippen LogP contribution < -0.4 is 5.32 Å². The summed E-state index contributed by atoms with van der Waals surface area (Å²) in [6.45, 7) is 9.02. The van der Waals surface area contributed by atoms with Gasteiger partial charge in [0.1, 0.15) is 0 Å². The predicted molar refractivity (Wildman–Crippen MR) is 58.2 cm³/mol. The Hall–Kier alpha value is -0.560. The van der Waals surface area contributed by atoms with Crippen LogP contribution in [0.15, 0.2) is 0 Å². The lowest BCUT2D eigenvalue weighted by atomic mass is 10.4. The molecular weight excluding hydrogens is 176 g/mol. The molecule has 1 fully saturated rings. The van der Waals surface area contributed by atoms with Gasteiger partial charge in [-0.25, -0.2) is 0 Å². The number of morpholine rings is 1. The van der Waals surface area contributed by atoms with E-state index in [1.165, 1.54) is 0 Å². The first kappa shape index (κ1) is 11.5. The average Bonchev–Trinajstić information content (AvgIpc) is 2.25. The molecule has 1 aliphatic heterocycles. The van der Waals surface area contributed by atoms with Gasteiger partial charge in [-0.3, -0.25) is 4.90 Å². The minimum Gasteiger partial charge on any atom is -0.379 e. The maximum atomic E-state index is 5.28. The molecule has 0 aliphatic carbocycles. The molecule has 0 aromatic carbocycles. The van der Waals surface area contributed by atoms with Gasteiger partial charge >= 0.3 is 0 Å². The number of nitrogens with one attached hydrogen (secondary N) is 1. The maximum Gasteiger partial charge on any atom is 0.0594 e. The zero-order valence-corrected chi connectivity index (χ0v) is 9.01. The van der Waals surface area contributed by atoms with Crippen LogP contribution in [0, 0.1) is 11.8 Å². The first-order valence-electron chi connectivity index (χ1n) is 5.34. The van der Waals surface area contributed by atoms with Crippen molar-refractivity contribution in [2.75, 3.05) is 45.9 Å². The molecule has 0 unspecified atom stereocenters. The second kappa shape index (κ2) is 7.81. The summed E-state index contributed by atoms with van der Waals surface area (Å²) < 4.78 is 5.28. The summed E-state index contributed by atoms with van der Waals surface area (Å²) in [6, 6.07) is 0. The average molecular weight is 196 g/mol. The van der Waals surface area contributed by atoms with Crippen molar-refractivity contribution in [1.29, 1.82) is 0 Å². The Morgan fingerprint density at radius 2 is 2.07 bits per heavy atom. The summed E-state index contributed by atoms with van der Waals surface area (Å²) >= 11 is 0. The number of nitrogens with zero attached hydrogens (tertiary/aromatic N) is 1. The van der Waals surface area contributed by atoms with Gasteiger partial charge in [-0.2, -0.15) is 0 Å². The zero-order chi connectivity index (χ0) is 10.1. The van der Waals surface area contributed by atoms with Crippen LogP contribution in [0.5, 0.6) is 0 Å². The van der Waals surface area contributed by atoms with Crippen molar-refractivity contribution in [3.8, 4) is 11.8 Å². The van der Waals surface area contributed by atoms with Crippen LogP contribution >= 0.6 is 0 Å². The highest BCUT2D eigenvalue weighted by Gasteiger charge is 2.08. The Morgan fingerprint density at radius 1 is 1.29 bits per heavy atom. The van der Waals surface area contributed by atoms with Crippen molar-refractivity contribution >= 4 is 0 Å². The minimum absolute atomic E-state index is 0.890. The fourth-order valence-electron chi connectivity index (χ4n) is 1.46. The molecule has 0 spiro atoms. The molecule has 0 atom stereocenters. The van der Waals surface area contributed by atoms with E-state index in [2.05, 4.69) is 22.1 Å². The molecular formula is C11H20N2O. The Morgan fingerprint density at radius 3 is 2.79 bits per heavy atom. The van der Waals surface area contributed by atoms with Gasteiger partial charge in [0, 0.05) is 39.1 Å². The highest BCUT2D eigenvalue weighted by molar-refractivity contribution is 4.95. The largest absolute Gasteiger partial charge is 0.379 e. The van der Waals surface area contributed by atoms with Crippen molar-refractivity contribution in [3.05, 3.63) is 0 Å². The van der Waals surface area contributed by atoms with Crippen molar-refractivity contribution in [2.45, 2.75) is 13.3 Å². The van der Waals surface area contributed by atoms with Crippen molar-refractivity contribution < 1.29 is 4.74 Å². The van der Waals surface area contributed by atoms with Gasteiger partial charge in [-0.15, -0.1) is 11.8 Å². The van der Waals surface area contributed by atoms with E-state index in [-0.39, 0.29) is 0 Å². The molecule has 0 radical (unpaired) electrons. The third-order valence-electron chi connectivity index (χ3n) is 2.31. The van der Waals surface area contributed by atoms with Crippen LogP contribution in [0.4, 0.5) is 0 Å². The maximum absolute atomic E-state index is 5.28. The molecule has 0 aromatic heterocycles. The second-order valence-corrected chi connectivity index (χ2v) is 3.38. The van der Waals surface area contributed by atoms with Crippen LogP contribution in [0.2, 0.25) is 0 Å². The van der Waals surface area contributed by atoms with Crippen LogP contribution in [-0.2, 0) is 4.74 Å². The molecule has 3 heteroatoms. The second-order valence-electron chi connectivity index (χ2n) is 3.38. The van der Waals surface area contributed by atoms with Crippen LogP contribution in [0.25, 0.3) is 0 Å². The van der Waals surface area contributed by atoms with E-state index in [1.807, 2.05) is 6.92 Å². The van der Waals surface area contributed by atoms with E-state index in [0.29, 0.717) is 0 Å². The standard InChI is InChI=1S/C11H20N2O/c1-2-3-4-5-12-6-7-13-8-10-14-11-9-13/h12H,4-11H2,1H3. The third kappa shape index (κ3) is 5.23. The molecule has 14 heavy (non-hydrogen) atoms. The van der Waals surface area contributed by atoms with Crippen molar-refractivity contribution in [3.63, 3.8) is 0 Å². The summed E-state index contributed by atoms with van der Waals surface area (Å²) in [5.74, 6) is 5.93. The van der Waals surface area contributed by atoms with Gasteiger partial charge < -0.3 is 10.1 Å². The van der Waals surface area contributed by atoms with E-state index >= 15 is 0 Å². The molecule has 0 aromatic rings. The Kier molecular flexibility index (Phi) is 6.42. The monoisotopic (exact) mass is 196 g/mol. The number of rotatable bonds is 5. The highest BCUT2D eigenvalue weighted by Crippen LogP contribution is 1.94. The van der Waals surface area contributed by atoms with Gasteiger partial charge in [0.05, 0.1) is 13.2 Å². The van der Waals surface area contributed by atoms with Crippen LogP contribution in [0.3, 0.4) is 0 Å². The Balaban J connectivity index is 1.89. The Labute approximate surface area is 86.8 Å². The normalized spacial score (nSPS) is 17.5. The molecule has 3 nitrogen and oxygen atoms in total. The fraction of sp³-hybridized carbons (Fsp3) is 0.818. The smallest absolute Gasteiger partial charge is 0.0594 e. The first-order chi connectivity index (χ1) is 6.93. The summed E-state index contributed by atoms with van der Waals surface area (Å²) in [6.07, 6.45) is 0.958. The van der Waals surface area contributed by atoms with Gasteiger partial charge in [-0.1, -0.05) is 0 Å². The topological polar surface area (TPSA) is 24.5 Å². The van der Waals surface area contributed by atoms with Crippen LogP contribution in [-0.4, -0.2) is 50.8 Å². The SMILES string of the molecule is CC#CCCNCCN1CCOCC1. The fourth-order valence-corrected chi connectivity index (χ4v) is 1.46. The zero-order valence-electron chi connectivity index (χ0n) is 9.01. The van der Waals surface area contributed by atoms with E-state index in [9.17, 15) is 0 Å². The van der Waals surface area contributed by atoms with Crippen molar-refractivity contribution in [1.82, 2.24) is 10.2 Å². The number of hydrogen-bond acceptors (Lipinski definition) is 3. The predicted octanol–water partition coefficient (Wildman–Crippen LogP) is 0.322. The van der Waals surface area contributed by atoms with Crippen molar-refractivity contribution in [2.24, 2.45) is 0 Å².